The Hall–Kier alpha value is -3.75. The van der Waals surface area contributed by atoms with E-state index in [0.717, 1.165) is 11.0 Å². The Kier molecular flexibility index (Phi) is 7.66. The van der Waals surface area contributed by atoms with Crippen molar-refractivity contribution in [1.29, 1.82) is 0 Å². The van der Waals surface area contributed by atoms with E-state index < -0.39 is 24.4 Å². The topological polar surface area (TPSA) is 75.3 Å². The molecule has 1 fully saturated rings. The average molecular weight is 541 g/mol. The fourth-order valence-corrected chi connectivity index (χ4v) is 5.18. The van der Waals surface area contributed by atoms with Crippen LogP contribution in [0.5, 0.6) is 11.5 Å². The largest absolute Gasteiger partial charge is 0.493 e. The van der Waals surface area contributed by atoms with E-state index in [9.17, 15) is 4.79 Å². The van der Waals surface area contributed by atoms with E-state index in [4.69, 9.17) is 23.5 Å². The summed E-state index contributed by atoms with van der Waals surface area (Å²) >= 11 is 0. The third-order valence-electron chi connectivity index (χ3n) is 8.10. The second kappa shape index (κ2) is 11.0. The molecule has 0 unspecified atom stereocenters. The lowest BCUT2D eigenvalue weighted by Gasteiger charge is -2.32. The van der Waals surface area contributed by atoms with Crippen molar-refractivity contribution >= 4 is 19.3 Å². The number of fused-ring (bicyclic) bond motifs is 3. The molecule has 1 amide bonds. The SMILES string of the molecule is COc1ccc(C=C(CNC(=O)OCC2c3ccccc3-c3ccccc32)B2OC(C)(C)C(C)(C)O2)cc1OC. The summed E-state index contributed by atoms with van der Waals surface area (Å²) < 4.78 is 29.2. The highest BCUT2D eigenvalue weighted by Crippen LogP contribution is 2.44. The minimum Gasteiger partial charge on any atom is -0.493 e. The van der Waals surface area contributed by atoms with Gasteiger partial charge in [0.15, 0.2) is 11.5 Å². The molecule has 0 bridgehead atoms. The van der Waals surface area contributed by atoms with Gasteiger partial charge >= 0.3 is 13.2 Å². The third-order valence-corrected chi connectivity index (χ3v) is 8.10. The van der Waals surface area contributed by atoms with E-state index in [1.807, 2.05) is 76.2 Å². The van der Waals surface area contributed by atoms with E-state index >= 15 is 0 Å². The number of methoxy groups -OCH3 is 2. The highest BCUT2D eigenvalue weighted by molar-refractivity contribution is 6.56. The molecule has 0 spiro atoms. The summed E-state index contributed by atoms with van der Waals surface area (Å²) in [5.41, 5.74) is 5.26. The van der Waals surface area contributed by atoms with E-state index in [1.54, 1.807) is 14.2 Å². The van der Waals surface area contributed by atoms with Gasteiger partial charge in [0.1, 0.15) is 6.61 Å². The molecule has 7 nitrogen and oxygen atoms in total. The number of carbonyl (C=O) groups is 1. The number of hydrogen-bond donors (Lipinski definition) is 1. The number of hydrogen-bond acceptors (Lipinski definition) is 6. The van der Waals surface area contributed by atoms with Crippen molar-refractivity contribution in [1.82, 2.24) is 5.32 Å². The number of amides is 1. The molecule has 3 aromatic rings. The molecular formula is C32H36BNO6. The van der Waals surface area contributed by atoms with Crippen molar-refractivity contribution in [2.45, 2.75) is 44.8 Å². The van der Waals surface area contributed by atoms with Crippen molar-refractivity contribution < 1.29 is 28.3 Å². The first-order valence-corrected chi connectivity index (χ1v) is 13.5. The van der Waals surface area contributed by atoms with E-state index in [1.165, 1.54) is 22.3 Å². The minimum absolute atomic E-state index is 0.0111. The van der Waals surface area contributed by atoms with Crippen LogP contribution in [-0.2, 0) is 14.0 Å². The number of nitrogens with one attached hydrogen (secondary N) is 1. The highest BCUT2D eigenvalue weighted by atomic mass is 16.7. The van der Waals surface area contributed by atoms with Crippen molar-refractivity contribution in [3.8, 4) is 22.6 Å². The van der Waals surface area contributed by atoms with E-state index in [2.05, 4.69) is 29.6 Å². The molecule has 1 aliphatic heterocycles. The summed E-state index contributed by atoms with van der Waals surface area (Å²) in [5.74, 6) is 1.23. The fourth-order valence-electron chi connectivity index (χ4n) is 5.18. The van der Waals surface area contributed by atoms with Crippen LogP contribution in [0.3, 0.4) is 0 Å². The number of carbonyl (C=O) groups excluding carboxylic acids is 1. The van der Waals surface area contributed by atoms with E-state index in [-0.39, 0.29) is 19.1 Å². The number of alkyl carbamates (subject to hydrolysis) is 1. The maximum absolute atomic E-state index is 13.0. The van der Waals surface area contributed by atoms with Crippen molar-refractivity contribution in [2.75, 3.05) is 27.4 Å². The summed E-state index contributed by atoms with van der Waals surface area (Å²) in [6, 6.07) is 22.2. The average Bonchev–Trinajstić information content (AvgIpc) is 3.38. The van der Waals surface area contributed by atoms with Crippen LogP contribution in [0.15, 0.2) is 72.2 Å². The van der Waals surface area contributed by atoms with Crippen LogP contribution in [0.25, 0.3) is 17.2 Å². The van der Waals surface area contributed by atoms with Crippen LogP contribution in [-0.4, -0.2) is 51.8 Å². The second-order valence-corrected chi connectivity index (χ2v) is 11.1. The summed E-state index contributed by atoms with van der Waals surface area (Å²) in [7, 11) is 2.55. The normalized spacial score (nSPS) is 17.2. The smallest absolute Gasteiger partial charge is 0.492 e. The van der Waals surface area contributed by atoms with Crippen molar-refractivity contribution in [2.24, 2.45) is 0 Å². The van der Waals surface area contributed by atoms with Crippen molar-refractivity contribution in [3.05, 3.63) is 88.9 Å². The number of ether oxygens (including phenoxy) is 3. The third kappa shape index (κ3) is 5.34. The zero-order valence-electron chi connectivity index (χ0n) is 23.9. The molecule has 1 saturated heterocycles. The Morgan fingerprint density at radius 3 is 2.02 bits per heavy atom. The Morgan fingerprint density at radius 2 is 1.45 bits per heavy atom. The molecule has 1 aliphatic carbocycles. The molecule has 208 valence electrons. The van der Waals surface area contributed by atoms with Gasteiger partial charge in [0.05, 0.1) is 25.4 Å². The minimum atomic E-state index is -0.646. The molecule has 5 rings (SSSR count). The Morgan fingerprint density at radius 1 is 0.875 bits per heavy atom. The van der Waals surface area contributed by atoms with Crippen LogP contribution in [0.1, 0.15) is 50.3 Å². The van der Waals surface area contributed by atoms with Gasteiger partial charge < -0.3 is 28.8 Å². The molecule has 0 radical (unpaired) electrons. The summed E-state index contributed by atoms with van der Waals surface area (Å²) in [5, 5.41) is 2.91. The van der Waals surface area contributed by atoms with Crippen LogP contribution >= 0.6 is 0 Å². The fraction of sp³-hybridized carbons (Fsp3) is 0.344. The van der Waals surface area contributed by atoms with Crippen LogP contribution < -0.4 is 14.8 Å². The maximum atomic E-state index is 13.0. The zero-order valence-corrected chi connectivity index (χ0v) is 23.9. The van der Waals surface area contributed by atoms with Crippen molar-refractivity contribution in [3.63, 3.8) is 0 Å². The van der Waals surface area contributed by atoms with Gasteiger partial charge in [0.25, 0.3) is 0 Å². The first-order chi connectivity index (χ1) is 19.1. The molecule has 0 aromatic heterocycles. The van der Waals surface area contributed by atoms with Gasteiger partial charge in [-0.15, -0.1) is 0 Å². The second-order valence-electron chi connectivity index (χ2n) is 11.1. The lowest BCUT2D eigenvalue weighted by atomic mass is 9.77. The maximum Gasteiger partial charge on any atom is 0.492 e. The van der Waals surface area contributed by atoms with Gasteiger partial charge in [0, 0.05) is 12.5 Å². The van der Waals surface area contributed by atoms with E-state index in [0.29, 0.717) is 11.5 Å². The van der Waals surface area contributed by atoms with Gasteiger partial charge in [-0.3, -0.25) is 0 Å². The molecule has 3 aromatic carbocycles. The Balaban J connectivity index is 1.32. The van der Waals surface area contributed by atoms with Gasteiger partial charge in [-0.05, 0) is 73.1 Å². The first kappa shape index (κ1) is 27.8. The zero-order chi connectivity index (χ0) is 28.5. The van der Waals surface area contributed by atoms with Gasteiger partial charge in [0.2, 0.25) is 0 Å². The van der Waals surface area contributed by atoms with Crippen LogP contribution in [0.2, 0.25) is 0 Å². The first-order valence-electron chi connectivity index (χ1n) is 13.5. The molecule has 2 aliphatic rings. The standard InChI is InChI=1S/C32H36BNO6/c1-31(2)32(3,4)40-33(39-31)22(17-21-15-16-28(36-5)29(18-21)37-6)19-34-30(35)38-20-27-25-13-9-7-11-23(25)24-12-8-10-14-26(24)27/h7-18,27H,19-20H2,1-6H3,(H,34,35). The molecule has 1 heterocycles. The summed E-state index contributed by atoms with van der Waals surface area (Å²) in [6.45, 7) is 8.42. The van der Waals surface area contributed by atoms with Gasteiger partial charge in [-0.1, -0.05) is 60.7 Å². The quantitative estimate of drug-likeness (QED) is 0.340. The number of rotatable bonds is 8. The predicted octanol–water partition coefficient (Wildman–Crippen LogP) is 6.26. The molecule has 1 N–H and O–H groups in total. The molecule has 8 heteroatoms. The molecule has 0 atom stereocenters. The monoisotopic (exact) mass is 541 g/mol. The summed E-state index contributed by atoms with van der Waals surface area (Å²) in [4.78, 5) is 13.0. The van der Waals surface area contributed by atoms with Crippen LogP contribution in [0.4, 0.5) is 4.79 Å². The highest BCUT2D eigenvalue weighted by Gasteiger charge is 2.52. The predicted molar refractivity (Wildman–Crippen MR) is 157 cm³/mol. The molecule has 0 saturated carbocycles. The number of benzene rings is 3. The Bertz CT molecular complexity index is 1370. The van der Waals surface area contributed by atoms with Gasteiger partial charge in [-0.2, -0.15) is 0 Å². The molecule has 40 heavy (non-hydrogen) atoms. The molecular weight excluding hydrogens is 505 g/mol. The summed E-state index contributed by atoms with van der Waals surface area (Å²) in [6.07, 6.45) is 1.44. The Labute approximate surface area is 236 Å². The van der Waals surface area contributed by atoms with Gasteiger partial charge in [-0.25, -0.2) is 4.79 Å². The van der Waals surface area contributed by atoms with Crippen LogP contribution in [0, 0.1) is 0 Å². The lowest BCUT2D eigenvalue weighted by molar-refractivity contribution is 0.00578. The lowest BCUT2D eigenvalue weighted by Crippen LogP contribution is -2.41.